The van der Waals surface area contributed by atoms with Gasteiger partial charge in [-0.3, -0.25) is 19.3 Å². The van der Waals surface area contributed by atoms with Crippen molar-refractivity contribution < 1.29 is 43.9 Å². The molecule has 10 heteroatoms. The summed E-state index contributed by atoms with van der Waals surface area (Å²) in [5.41, 5.74) is 0. The highest BCUT2D eigenvalue weighted by Crippen LogP contribution is 1.96. The lowest BCUT2D eigenvalue weighted by atomic mass is 10.3. The van der Waals surface area contributed by atoms with E-state index in [0.29, 0.717) is 39.6 Å². The fourth-order valence-corrected chi connectivity index (χ4v) is 1.74. The third-order valence-corrected chi connectivity index (χ3v) is 3.04. The molecule has 0 atom stereocenters. The lowest BCUT2D eigenvalue weighted by Crippen LogP contribution is -2.32. The second kappa shape index (κ2) is 15.8. The second-order valence-corrected chi connectivity index (χ2v) is 5.11. The van der Waals surface area contributed by atoms with Crippen LogP contribution in [-0.4, -0.2) is 97.4 Å². The van der Waals surface area contributed by atoms with Gasteiger partial charge in [-0.05, 0) is 0 Å². The number of hydrogen-bond acceptors (Lipinski definition) is 7. The minimum atomic E-state index is -0.930. The molecule has 0 aliphatic rings. The van der Waals surface area contributed by atoms with E-state index in [1.165, 1.54) is 0 Å². The van der Waals surface area contributed by atoms with E-state index in [0.717, 1.165) is 0 Å². The van der Waals surface area contributed by atoms with E-state index in [2.05, 4.69) is 0 Å². The molecule has 0 aromatic carbocycles. The maximum absolute atomic E-state index is 10.6. The second-order valence-electron chi connectivity index (χ2n) is 5.11. The molecule has 0 aliphatic carbocycles. The van der Waals surface area contributed by atoms with Crippen LogP contribution in [0.15, 0.2) is 0 Å². The first-order valence-corrected chi connectivity index (χ1v) is 8.02. The standard InChI is InChI=1S/C15H27NO9/c17-13(18)1-4-16(5-2-14(19)20)6-8-24-10-12-25-11-9-23-7-3-15(21)22/h1-12H2,(H,17,18)(H,19,20)(H,21,22). The van der Waals surface area contributed by atoms with Gasteiger partial charge < -0.3 is 29.5 Å². The molecule has 0 bridgehead atoms. The van der Waals surface area contributed by atoms with Crippen LogP contribution in [0.5, 0.6) is 0 Å². The highest BCUT2D eigenvalue weighted by Gasteiger charge is 2.09. The normalized spacial score (nSPS) is 10.9. The van der Waals surface area contributed by atoms with Crippen LogP contribution in [0.1, 0.15) is 19.3 Å². The van der Waals surface area contributed by atoms with Crippen molar-refractivity contribution in [3.63, 3.8) is 0 Å². The Hall–Kier alpha value is -1.75. The van der Waals surface area contributed by atoms with Gasteiger partial charge in [0.05, 0.1) is 58.9 Å². The van der Waals surface area contributed by atoms with E-state index in [9.17, 15) is 14.4 Å². The minimum Gasteiger partial charge on any atom is -0.481 e. The molecule has 3 N–H and O–H groups in total. The van der Waals surface area contributed by atoms with Crippen molar-refractivity contribution >= 4 is 17.9 Å². The monoisotopic (exact) mass is 365 g/mol. The molecule has 0 spiro atoms. The highest BCUT2D eigenvalue weighted by molar-refractivity contribution is 5.67. The molecule has 146 valence electrons. The molecule has 0 rings (SSSR count). The van der Waals surface area contributed by atoms with E-state index in [1.807, 2.05) is 0 Å². The van der Waals surface area contributed by atoms with E-state index >= 15 is 0 Å². The molecule has 0 aliphatic heterocycles. The first kappa shape index (κ1) is 23.2. The zero-order valence-corrected chi connectivity index (χ0v) is 14.2. The lowest BCUT2D eigenvalue weighted by molar-refractivity contribution is -0.139. The van der Waals surface area contributed by atoms with E-state index < -0.39 is 17.9 Å². The first-order chi connectivity index (χ1) is 11.9. The molecule has 0 aromatic heterocycles. The van der Waals surface area contributed by atoms with Gasteiger partial charge in [0, 0.05) is 19.6 Å². The molecule has 0 amide bonds. The Labute approximate surface area is 146 Å². The molecule has 0 heterocycles. The number of carboxylic acid groups (broad SMARTS) is 3. The van der Waals surface area contributed by atoms with Crippen molar-refractivity contribution in [2.75, 3.05) is 59.3 Å². The number of ether oxygens (including phenoxy) is 3. The number of rotatable bonds is 18. The molecule has 0 unspecified atom stereocenters. The zero-order valence-electron chi connectivity index (χ0n) is 14.2. The Morgan fingerprint density at radius 1 is 0.560 bits per heavy atom. The quantitative estimate of drug-likeness (QED) is 0.278. The van der Waals surface area contributed by atoms with Crippen molar-refractivity contribution in [2.24, 2.45) is 0 Å². The van der Waals surface area contributed by atoms with Gasteiger partial charge in [-0.1, -0.05) is 0 Å². The van der Waals surface area contributed by atoms with Crippen molar-refractivity contribution in [2.45, 2.75) is 19.3 Å². The first-order valence-electron chi connectivity index (χ1n) is 8.02. The van der Waals surface area contributed by atoms with Gasteiger partial charge in [-0.2, -0.15) is 0 Å². The predicted octanol–water partition coefficient (Wildman–Crippen LogP) is -0.238. The average Bonchev–Trinajstić information content (AvgIpc) is 2.53. The molecule has 0 saturated carbocycles. The van der Waals surface area contributed by atoms with Crippen LogP contribution < -0.4 is 0 Å². The number of nitrogens with zero attached hydrogens (tertiary/aromatic N) is 1. The fraction of sp³-hybridized carbons (Fsp3) is 0.800. The Morgan fingerprint density at radius 3 is 1.40 bits per heavy atom. The van der Waals surface area contributed by atoms with Crippen LogP contribution >= 0.6 is 0 Å². The third kappa shape index (κ3) is 18.4. The van der Waals surface area contributed by atoms with Gasteiger partial charge in [0.25, 0.3) is 0 Å². The summed E-state index contributed by atoms with van der Waals surface area (Å²) in [6, 6.07) is 0. The lowest BCUT2D eigenvalue weighted by Gasteiger charge is -2.20. The Kier molecular flexibility index (Phi) is 14.7. The average molecular weight is 365 g/mol. The van der Waals surface area contributed by atoms with Gasteiger partial charge in [-0.25, -0.2) is 0 Å². The molecule has 0 saturated heterocycles. The molecule has 0 fully saturated rings. The molecule has 0 radical (unpaired) electrons. The van der Waals surface area contributed by atoms with Crippen molar-refractivity contribution in [3.8, 4) is 0 Å². The molecule has 0 aromatic rings. The molecule has 10 nitrogen and oxygen atoms in total. The largest absolute Gasteiger partial charge is 0.481 e. The van der Waals surface area contributed by atoms with Crippen LogP contribution in [0, 0.1) is 0 Å². The minimum absolute atomic E-state index is 0.0383. The Bertz CT molecular complexity index is 371. The zero-order chi connectivity index (χ0) is 18.9. The summed E-state index contributed by atoms with van der Waals surface area (Å²) in [5.74, 6) is -2.77. The SMILES string of the molecule is O=C(O)CCOCCOCCOCCN(CCC(=O)O)CCC(=O)O. The van der Waals surface area contributed by atoms with Crippen LogP contribution in [0.25, 0.3) is 0 Å². The van der Waals surface area contributed by atoms with Crippen molar-refractivity contribution in [1.29, 1.82) is 0 Å². The molecular weight excluding hydrogens is 338 g/mol. The summed E-state index contributed by atoms with van der Waals surface area (Å²) in [5, 5.41) is 25.8. The third-order valence-electron chi connectivity index (χ3n) is 3.04. The van der Waals surface area contributed by atoms with Crippen molar-refractivity contribution in [3.05, 3.63) is 0 Å². The summed E-state index contributed by atoms with van der Waals surface area (Å²) < 4.78 is 15.6. The summed E-state index contributed by atoms with van der Waals surface area (Å²) in [6.07, 6.45) is -0.140. The van der Waals surface area contributed by atoms with Gasteiger partial charge in [0.1, 0.15) is 0 Å². The number of hydrogen-bond donors (Lipinski definition) is 3. The number of carboxylic acids is 3. The topological polar surface area (TPSA) is 143 Å². The van der Waals surface area contributed by atoms with Crippen molar-refractivity contribution in [1.82, 2.24) is 4.90 Å². The van der Waals surface area contributed by atoms with Gasteiger partial charge in [0.15, 0.2) is 0 Å². The summed E-state index contributed by atoms with van der Waals surface area (Å²) in [7, 11) is 0. The predicted molar refractivity (Wildman–Crippen MR) is 85.7 cm³/mol. The van der Waals surface area contributed by atoms with Gasteiger partial charge >= 0.3 is 17.9 Å². The number of aliphatic carboxylic acids is 3. The fourth-order valence-electron chi connectivity index (χ4n) is 1.74. The van der Waals surface area contributed by atoms with Crippen LogP contribution in [0.3, 0.4) is 0 Å². The van der Waals surface area contributed by atoms with E-state index in [4.69, 9.17) is 29.5 Å². The van der Waals surface area contributed by atoms with Crippen LogP contribution in [0.2, 0.25) is 0 Å². The summed E-state index contributed by atoms with van der Waals surface area (Å²) in [4.78, 5) is 33.2. The van der Waals surface area contributed by atoms with Crippen LogP contribution in [0.4, 0.5) is 0 Å². The molecule has 25 heavy (non-hydrogen) atoms. The maximum atomic E-state index is 10.6. The van der Waals surface area contributed by atoms with Gasteiger partial charge in [0.2, 0.25) is 0 Å². The summed E-state index contributed by atoms with van der Waals surface area (Å²) in [6.45, 7) is 2.84. The maximum Gasteiger partial charge on any atom is 0.305 e. The smallest absolute Gasteiger partial charge is 0.305 e. The van der Waals surface area contributed by atoms with Gasteiger partial charge in [-0.15, -0.1) is 0 Å². The van der Waals surface area contributed by atoms with Crippen LogP contribution in [-0.2, 0) is 28.6 Å². The van der Waals surface area contributed by atoms with E-state index in [-0.39, 0.29) is 39.0 Å². The Balaban J connectivity index is 3.57. The van der Waals surface area contributed by atoms with E-state index in [1.54, 1.807) is 4.90 Å². The summed E-state index contributed by atoms with van der Waals surface area (Å²) >= 11 is 0. The number of carbonyl (C=O) groups is 3. The molecular formula is C15H27NO9. The Morgan fingerprint density at radius 2 is 0.960 bits per heavy atom. The highest BCUT2D eigenvalue weighted by atomic mass is 16.5.